The first-order valence-electron chi connectivity index (χ1n) is 35.9. The molecule has 2 heterocycles. The predicted octanol–water partition coefficient (Wildman–Crippen LogP) is 7.78. The van der Waals surface area contributed by atoms with Gasteiger partial charge in [0, 0.05) is 167 Å². The predicted molar refractivity (Wildman–Crippen MR) is 394 cm³/mol. The number of esters is 3. The van der Waals surface area contributed by atoms with E-state index < -0.39 is 11.9 Å². The van der Waals surface area contributed by atoms with Gasteiger partial charge in [-0.3, -0.25) is 76.9 Å². The summed E-state index contributed by atoms with van der Waals surface area (Å²) in [6.07, 6.45) is 4.57. The molecule has 28 heteroatoms. The first kappa shape index (κ1) is 94.8. The first-order chi connectivity index (χ1) is 48.6. The Balaban J connectivity index is 0.00000129. The number of ether oxygens (including phenoxy) is 3. The number of likely N-dealkylation sites (N-methyl/N-ethyl adjacent to an activating group) is 3. The zero-order valence-corrected chi connectivity index (χ0v) is 65.4. The summed E-state index contributed by atoms with van der Waals surface area (Å²) >= 11 is 0. The van der Waals surface area contributed by atoms with Gasteiger partial charge >= 0.3 is 17.9 Å². The number of unbranched alkanes of at least 4 members (excludes halogenated alkanes) is 1. The van der Waals surface area contributed by atoms with Gasteiger partial charge in [-0.2, -0.15) is 0 Å². The summed E-state index contributed by atoms with van der Waals surface area (Å²) in [5.41, 5.74) is 1.14. The fourth-order valence-electron chi connectivity index (χ4n) is 9.76. The Morgan fingerprint density at radius 3 is 1.12 bits per heavy atom. The van der Waals surface area contributed by atoms with Crippen molar-refractivity contribution in [3.63, 3.8) is 0 Å². The highest BCUT2D eigenvalue weighted by atomic mass is 16.5. The number of likely N-dealkylation sites (tertiary alicyclic amines) is 2. The van der Waals surface area contributed by atoms with E-state index in [9.17, 15) is 76.7 Å². The number of imide groups is 2. The zero-order chi connectivity index (χ0) is 79.7. The maximum Gasteiger partial charge on any atom is 0.311 e. The number of anilines is 2. The number of rotatable bonds is 35. The van der Waals surface area contributed by atoms with Crippen LogP contribution in [-0.2, 0) is 81.4 Å². The number of nitrogens with zero attached hydrogens (tertiary/aromatic N) is 7. The molecule has 2 aliphatic heterocycles. The molecule has 104 heavy (non-hydrogen) atoms. The number of Topliss-reactive ketones (excluding diaryl/α,β-unsaturated/α-hetero) is 2. The second kappa shape index (κ2) is 50.2. The summed E-state index contributed by atoms with van der Waals surface area (Å²) < 4.78 is 15.7. The number of benzene rings is 2. The molecule has 2 saturated heterocycles. The van der Waals surface area contributed by atoms with Gasteiger partial charge in [-0.25, -0.2) is 0 Å². The molecule has 2 atom stereocenters. The van der Waals surface area contributed by atoms with E-state index in [4.69, 9.17) is 14.2 Å². The second-order valence-electron chi connectivity index (χ2n) is 27.3. The lowest BCUT2D eigenvalue weighted by Crippen LogP contribution is -2.38. The maximum atomic E-state index is 12.2. The van der Waals surface area contributed by atoms with Gasteiger partial charge in [0.15, 0.2) is 11.5 Å². The van der Waals surface area contributed by atoms with Crippen molar-refractivity contribution < 1.29 is 90.9 Å². The van der Waals surface area contributed by atoms with Crippen LogP contribution in [0.15, 0.2) is 48.5 Å². The van der Waals surface area contributed by atoms with Gasteiger partial charge in [-0.05, 0) is 57.4 Å². The van der Waals surface area contributed by atoms with Crippen LogP contribution in [0.4, 0.5) is 11.4 Å². The summed E-state index contributed by atoms with van der Waals surface area (Å²) in [4.78, 5) is 195. The van der Waals surface area contributed by atoms with Crippen LogP contribution in [0.3, 0.4) is 0 Å². The minimum Gasteiger partial charge on any atom is -0.464 e. The summed E-state index contributed by atoms with van der Waals surface area (Å²) in [6.45, 7) is 29.5. The average Bonchev–Trinajstić information content (AvgIpc) is 1.82. The number of hydrogen-bond donors (Lipinski definition) is 2. The van der Waals surface area contributed by atoms with Gasteiger partial charge in [-0.1, -0.05) is 121 Å². The molecule has 2 aromatic rings. The first-order valence-corrected chi connectivity index (χ1v) is 35.9. The van der Waals surface area contributed by atoms with Crippen molar-refractivity contribution in [3.05, 3.63) is 48.5 Å². The number of carbonyl (C=O) groups is 16. The summed E-state index contributed by atoms with van der Waals surface area (Å²) in [7, 11) is 8.43. The Labute approximate surface area is 615 Å². The zero-order valence-electron chi connectivity index (χ0n) is 65.4. The highest BCUT2D eigenvalue weighted by Gasteiger charge is 2.36. The van der Waals surface area contributed by atoms with Gasteiger partial charge in [0.1, 0.15) is 18.2 Å². The highest BCUT2D eigenvalue weighted by Crippen LogP contribution is 2.30. The number of nitrogens with one attached hydrogen (secondary N) is 2. The molecule has 4 rings (SSSR count). The van der Waals surface area contributed by atoms with Crippen LogP contribution in [0.1, 0.15) is 187 Å². The van der Waals surface area contributed by atoms with E-state index in [0.29, 0.717) is 81.4 Å². The Morgan fingerprint density at radius 1 is 0.442 bits per heavy atom. The molecule has 2 aromatic carbocycles. The normalized spacial score (nSPS) is 13.6. The lowest BCUT2D eigenvalue weighted by molar-refractivity contribution is -0.146. The Kier molecular flexibility index (Phi) is 45.7. The quantitative estimate of drug-likeness (QED) is 0.0378. The number of carbonyl (C=O) groups excluding carboxylic acids is 16. The molecule has 28 nitrogen and oxygen atoms in total. The van der Waals surface area contributed by atoms with Gasteiger partial charge in [-0.15, -0.1) is 0 Å². The SMILES string of the molecule is CC(=O)CCC(=O)NCCN(C)C(=O)C(C)C.CC(=O)CCC(=O)OCCN(C)C(=O)C(C)C.CC(C)C(=O)N(C)CCNC(=O)CCCN1C(=O)CC(C)C1=O.CC(C)C(=O)N(C)c1ccccc1OC(=O)CCCN1C(=O)CC(C)C1=O.CCCCC(=O)Oc1ccccc1N(C)C(=O)C(C)C. The topological polar surface area (TPSA) is 348 Å². The van der Waals surface area contributed by atoms with E-state index in [1.54, 1.807) is 115 Å². The minimum atomic E-state index is -0.472. The smallest absolute Gasteiger partial charge is 0.311 e. The van der Waals surface area contributed by atoms with E-state index >= 15 is 0 Å². The number of ketones is 2. The molecule has 582 valence electrons. The number of hydrogen-bond acceptors (Lipinski definition) is 19. The van der Waals surface area contributed by atoms with Crippen LogP contribution >= 0.6 is 0 Å². The van der Waals surface area contributed by atoms with Gasteiger partial charge in [0.25, 0.3) is 0 Å². The second-order valence-corrected chi connectivity index (χ2v) is 27.3. The van der Waals surface area contributed by atoms with Crippen molar-refractivity contribution in [1.29, 1.82) is 0 Å². The lowest BCUT2D eigenvalue weighted by Gasteiger charge is -2.22. The van der Waals surface area contributed by atoms with Gasteiger partial charge in [0.2, 0.25) is 65.0 Å². The molecule has 0 radical (unpaired) electrons. The third-order valence-corrected chi connectivity index (χ3v) is 16.0. The lowest BCUT2D eigenvalue weighted by atomic mass is 10.1. The van der Waals surface area contributed by atoms with Crippen LogP contribution in [0.25, 0.3) is 0 Å². The molecule has 0 spiro atoms. The molecule has 0 aliphatic carbocycles. The van der Waals surface area contributed by atoms with Crippen molar-refractivity contribution in [3.8, 4) is 11.5 Å². The molecule has 0 bridgehead atoms. The molecule has 2 unspecified atom stereocenters. The summed E-state index contributed by atoms with van der Waals surface area (Å²) in [5.74, 6) is -2.34. The van der Waals surface area contributed by atoms with Crippen LogP contribution in [0, 0.1) is 41.4 Å². The number of amides is 11. The van der Waals surface area contributed by atoms with E-state index in [0.717, 1.165) is 12.8 Å². The van der Waals surface area contributed by atoms with Crippen LogP contribution < -0.4 is 29.9 Å². The molecule has 2 aliphatic rings. The van der Waals surface area contributed by atoms with Crippen LogP contribution in [0.2, 0.25) is 0 Å². The van der Waals surface area contributed by atoms with E-state index in [1.807, 2.05) is 68.4 Å². The number of para-hydroxylation sites is 4. The van der Waals surface area contributed by atoms with E-state index in [2.05, 4.69) is 10.6 Å². The Hall–Kier alpha value is -9.24. The molecule has 11 amide bonds. The fourth-order valence-corrected chi connectivity index (χ4v) is 9.76. The molecular weight excluding hydrogens is 1340 g/mol. The highest BCUT2D eigenvalue weighted by molar-refractivity contribution is 6.04. The molecule has 2 N–H and O–H groups in total. The molecule has 2 fully saturated rings. The van der Waals surface area contributed by atoms with Gasteiger partial charge < -0.3 is 58.9 Å². The fraction of sp³-hybridized carbons (Fsp3) is 0.632. The Bertz CT molecular complexity index is 3140. The third kappa shape index (κ3) is 37.3. The van der Waals surface area contributed by atoms with Crippen molar-refractivity contribution >= 4 is 106 Å². The van der Waals surface area contributed by atoms with E-state index in [-0.39, 0.29) is 188 Å². The molecule has 0 aromatic heterocycles. The van der Waals surface area contributed by atoms with Crippen molar-refractivity contribution in [2.75, 3.05) is 97.5 Å². The molecule has 0 saturated carbocycles. The maximum absolute atomic E-state index is 12.2. The Morgan fingerprint density at radius 2 is 0.779 bits per heavy atom. The monoisotopic (exact) mass is 1460 g/mol. The summed E-state index contributed by atoms with van der Waals surface area (Å²) in [5, 5.41) is 5.42. The van der Waals surface area contributed by atoms with E-state index in [1.165, 1.54) is 38.3 Å². The van der Waals surface area contributed by atoms with Crippen molar-refractivity contribution in [2.24, 2.45) is 41.4 Å². The third-order valence-electron chi connectivity index (χ3n) is 16.0. The average molecular weight is 1460 g/mol. The largest absolute Gasteiger partial charge is 0.464 e. The van der Waals surface area contributed by atoms with Crippen LogP contribution in [-0.4, -0.2) is 207 Å². The van der Waals surface area contributed by atoms with Crippen LogP contribution in [0.5, 0.6) is 11.5 Å². The van der Waals surface area contributed by atoms with Crippen molar-refractivity contribution in [1.82, 2.24) is 35.1 Å². The minimum absolute atomic E-state index is 0.00672. The van der Waals surface area contributed by atoms with Crippen molar-refractivity contribution in [2.45, 2.75) is 187 Å². The summed E-state index contributed by atoms with van der Waals surface area (Å²) in [6, 6.07) is 13.9. The van der Waals surface area contributed by atoms with Gasteiger partial charge in [0.05, 0.1) is 24.3 Å². The molecular formula is C76H119N9O19. The standard InChI is InChI=1S/C20H26N2O5.C16H27N3O4.C16H23NO3.C12H22N2O3.C12H21NO4/c1-13(2)19(25)21(4)15-8-5-6-9-16(15)27-18(24)10-7-11-22-17(23)12-14(3)20(22)26;1-11(2)15(22)18(4)9-7-17-13(20)6-5-8-19-14(21)10-12(3)16(19)23;1-5-6-11-15(18)20-14-10-8-7-9-13(14)17(4)16(19)12(2)3;1-9(2)12(17)14(4)8-7-13-11(16)6-5-10(3)15;1-9(2)12(16)13(4)7-8-17-11(15)6-5-10(3)14/h5-6,8-9,13-14H,7,10-12H2,1-4H3;11-12H,5-10H2,1-4H3,(H,17,20);7-10,12H,5-6,11H2,1-4H3;9H,5-8H2,1-4H3,(H,13,16);9H,5-8H2,1-4H3.